The number of aryl methyl sites for hydroxylation is 2. The Morgan fingerprint density at radius 3 is 3.00 bits per heavy atom. The van der Waals surface area contributed by atoms with Gasteiger partial charge in [0.25, 0.3) is 0 Å². The number of likely N-dealkylation sites (tertiary alicyclic amines) is 1. The van der Waals surface area contributed by atoms with Gasteiger partial charge in [0.2, 0.25) is 5.88 Å². The van der Waals surface area contributed by atoms with Gasteiger partial charge in [-0.3, -0.25) is 4.90 Å². The molecule has 1 saturated heterocycles. The van der Waals surface area contributed by atoms with Gasteiger partial charge in [0.1, 0.15) is 11.9 Å². The molecule has 1 unspecified atom stereocenters. The Morgan fingerprint density at radius 2 is 2.29 bits per heavy atom. The van der Waals surface area contributed by atoms with Crippen molar-refractivity contribution in [3.05, 3.63) is 41.4 Å². The minimum atomic E-state index is 0.240. The van der Waals surface area contributed by atoms with E-state index in [1.807, 2.05) is 32.0 Å². The normalized spacial score (nSPS) is 19.0. The fourth-order valence-corrected chi connectivity index (χ4v) is 2.81. The van der Waals surface area contributed by atoms with Gasteiger partial charge in [0.15, 0.2) is 0 Å². The highest BCUT2D eigenvalue weighted by Crippen LogP contribution is 2.18. The molecule has 0 aliphatic carbocycles. The zero-order valence-corrected chi connectivity index (χ0v) is 12.6. The van der Waals surface area contributed by atoms with Crippen LogP contribution in [0.3, 0.4) is 0 Å². The summed E-state index contributed by atoms with van der Waals surface area (Å²) in [4.78, 5) is 6.65. The molecule has 0 radical (unpaired) electrons. The predicted octanol–water partition coefficient (Wildman–Crippen LogP) is 2.38. The maximum absolute atomic E-state index is 5.91. The number of rotatable bonds is 5. The fourth-order valence-electron chi connectivity index (χ4n) is 2.81. The zero-order chi connectivity index (χ0) is 14.7. The van der Waals surface area contributed by atoms with Crippen molar-refractivity contribution in [1.82, 2.24) is 15.0 Å². The number of hydrogen-bond acceptors (Lipinski definition) is 5. The van der Waals surface area contributed by atoms with E-state index in [0.717, 1.165) is 49.8 Å². The number of ether oxygens (including phenoxy) is 1. The summed E-state index contributed by atoms with van der Waals surface area (Å²) in [5.41, 5.74) is 2.25. The fraction of sp³-hybridized carbons (Fsp3) is 0.500. The first-order chi connectivity index (χ1) is 10.2. The van der Waals surface area contributed by atoms with E-state index in [2.05, 4.69) is 15.0 Å². The van der Waals surface area contributed by atoms with Gasteiger partial charge in [-0.2, -0.15) is 0 Å². The lowest BCUT2D eigenvalue weighted by Crippen LogP contribution is -2.27. The van der Waals surface area contributed by atoms with Crippen LogP contribution in [0.4, 0.5) is 0 Å². The smallest absolute Gasteiger partial charge is 0.213 e. The average Bonchev–Trinajstić information content (AvgIpc) is 3.06. The topological polar surface area (TPSA) is 51.4 Å². The molecule has 2 aromatic rings. The second kappa shape index (κ2) is 6.26. The van der Waals surface area contributed by atoms with Crippen molar-refractivity contribution in [2.45, 2.75) is 32.8 Å². The molecule has 5 nitrogen and oxygen atoms in total. The van der Waals surface area contributed by atoms with Crippen molar-refractivity contribution in [2.24, 2.45) is 0 Å². The maximum atomic E-state index is 5.91. The van der Waals surface area contributed by atoms with Crippen LogP contribution < -0.4 is 4.74 Å². The first-order valence-corrected chi connectivity index (χ1v) is 7.44. The molecule has 21 heavy (non-hydrogen) atoms. The third-order valence-electron chi connectivity index (χ3n) is 4.01. The molecule has 0 spiro atoms. The molecule has 0 bridgehead atoms. The van der Waals surface area contributed by atoms with Gasteiger partial charge >= 0.3 is 0 Å². The van der Waals surface area contributed by atoms with Crippen molar-refractivity contribution in [2.75, 3.05) is 19.6 Å². The van der Waals surface area contributed by atoms with Crippen LogP contribution in [0.15, 0.2) is 28.9 Å². The molecule has 3 rings (SSSR count). The van der Waals surface area contributed by atoms with Crippen LogP contribution in [-0.4, -0.2) is 40.8 Å². The molecule has 2 aromatic heterocycles. The van der Waals surface area contributed by atoms with Crippen LogP contribution in [0.5, 0.6) is 5.88 Å². The van der Waals surface area contributed by atoms with Crippen LogP contribution in [0.1, 0.15) is 23.4 Å². The summed E-state index contributed by atoms with van der Waals surface area (Å²) < 4.78 is 11.1. The lowest BCUT2D eigenvalue weighted by Gasteiger charge is -2.16. The summed E-state index contributed by atoms with van der Waals surface area (Å²) in [7, 11) is 0. The lowest BCUT2D eigenvalue weighted by molar-refractivity contribution is 0.193. The first-order valence-electron chi connectivity index (χ1n) is 7.44. The highest BCUT2D eigenvalue weighted by Gasteiger charge is 2.24. The van der Waals surface area contributed by atoms with Gasteiger partial charge in [0, 0.05) is 37.5 Å². The molecule has 0 amide bonds. The minimum absolute atomic E-state index is 0.240. The van der Waals surface area contributed by atoms with E-state index in [4.69, 9.17) is 9.26 Å². The van der Waals surface area contributed by atoms with Gasteiger partial charge in [-0.25, -0.2) is 4.98 Å². The first kappa shape index (κ1) is 14.1. The van der Waals surface area contributed by atoms with E-state index < -0.39 is 0 Å². The summed E-state index contributed by atoms with van der Waals surface area (Å²) in [5, 5.41) is 4.01. The Morgan fingerprint density at radius 1 is 1.38 bits per heavy atom. The quantitative estimate of drug-likeness (QED) is 0.845. The molecule has 1 atom stereocenters. The van der Waals surface area contributed by atoms with Gasteiger partial charge in [-0.15, -0.1) is 0 Å². The Hall–Kier alpha value is -1.88. The van der Waals surface area contributed by atoms with Crippen molar-refractivity contribution in [1.29, 1.82) is 0 Å². The molecular formula is C16H21N3O2. The Balaban J connectivity index is 1.49. The number of nitrogens with zero attached hydrogens (tertiary/aromatic N) is 3. The van der Waals surface area contributed by atoms with Crippen LogP contribution >= 0.6 is 0 Å². The molecule has 3 heterocycles. The van der Waals surface area contributed by atoms with Crippen molar-refractivity contribution >= 4 is 0 Å². The molecular weight excluding hydrogens is 266 g/mol. The highest BCUT2D eigenvalue weighted by molar-refractivity contribution is 5.21. The van der Waals surface area contributed by atoms with Gasteiger partial charge in [0.05, 0.1) is 5.69 Å². The van der Waals surface area contributed by atoms with E-state index in [0.29, 0.717) is 0 Å². The summed E-state index contributed by atoms with van der Waals surface area (Å²) >= 11 is 0. The summed E-state index contributed by atoms with van der Waals surface area (Å²) in [5.74, 6) is 1.66. The van der Waals surface area contributed by atoms with Crippen LogP contribution in [-0.2, 0) is 6.42 Å². The molecule has 0 saturated carbocycles. The zero-order valence-electron chi connectivity index (χ0n) is 12.6. The van der Waals surface area contributed by atoms with Crippen LogP contribution in [0, 0.1) is 13.8 Å². The van der Waals surface area contributed by atoms with Crippen LogP contribution in [0.25, 0.3) is 0 Å². The van der Waals surface area contributed by atoms with Gasteiger partial charge < -0.3 is 9.26 Å². The van der Waals surface area contributed by atoms with Gasteiger partial charge in [-0.1, -0.05) is 11.2 Å². The minimum Gasteiger partial charge on any atom is -0.473 e. The van der Waals surface area contributed by atoms with E-state index in [1.54, 1.807) is 6.20 Å². The lowest BCUT2D eigenvalue weighted by atomic mass is 10.1. The molecule has 1 fully saturated rings. The molecule has 112 valence electrons. The average molecular weight is 287 g/mol. The van der Waals surface area contributed by atoms with Crippen molar-refractivity contribution < 1.29 is 9.26 Å². The van der Waals surface area contributed by atoms with Crippen molar-refractivity contribution in [3.63, 3.8) is 0 Å². The standard InChI is InChI=1S/C16H21N3O2/c1-12-15(13(2)21-18-12)7-10-19-9-6-14(11-19)20-16-5-3-4-8-17-16/h3-5,8,14H,6-7,9-11H2,1-2H3. The SMILES string of the molecule is Cc1noc(C)c1CCN1CCC(Oc2ccccn2)C1. The Labute approximate surface area is 124 Å². The maximum Gasteiger partial charge on any atom is 0.213 e. The van der Waals surface area contributed by atoms with E-state index in [-0.39, 0.29) is 6.10 Å². The van der Waals surface area contributed by atoms with E-state index in [1.165, 1.54) is 5.56 Å². The van der Waals surface area contributed by atoms with Gasteiger partial charge in [-0.05, 0) is 32.8 Å². The van der Waals surface area contributed by atoms with E-state index >= 15 is 0 Å². The Bertz CT molecular complexity index is 563. The summed E-state index contributed by atoms with van der Waals surface area (Å²) in [6.07, 6.45) is 4.04. The third-order valence-corrected chi connectivity index (χ3v) is 4.01. The van der Waals surface area contributed by atoms with Crippen LogP contribution in [0.2, 0.25) is 0 Å². The second-order valence-corrected chi connectivity index (χ2v) is 5.55. The van der Waals surface area contributed by atoms with E-state index in [9.17, 15) is 0 Å². The molecule has 5 heteroatoms. The summed E-state index contributed by atoms with van der Waals surface area (Å²) in [6.45, 7) is 7.03. The third kappa shape index (κ3) is 3.42. The molecule has 1 aliphatic rings. The number of pyridine rings is 1. The Kier molecular flexibility index (Phi) is 4.20. The predicted molar refractivity (Wildman–Crippen MR) is 79.4 cm³/mol. The van der Waals surface area contributed by atoms with Crippen molar-refractivity contribution in [3.8, 4) is 5.88 Å². The second-order valence-electron chi connectivity index (χ2n) is 5.55. The number of hydrogen-bond donors (Lipinski definition) is 0. The molecule has 0 N–H and O–H groups in total. The highest BCUT2D eigenvalue weighted by atomic mass is 16.5. The molecule has 1 aliphatic heterocycles. The largest absolute Gasteiger partial charge is 0.473 e. The monoisotopic (exact) mass is 287 g/mol. The number of aromatic nitrogens is 2. The summed E-state index contributed by atoms with van der Waals surface area (Å²) in [6, 6.07) is 5.76. The molecule has 0 aromatic carbocycles.